The summed E-state index contributed by atoms with van der Waals surface area (Å²) in [6, 6.07) is 12.4. The minimum absolute atomic E-state index is 0.0662. The van der Waals surface area contributed by atoms with Crippen LogP contribution in [0, 0.1) is 11.7 Å². The van der Waals surface area contributed by atoms with E-state index in [1.165, 1.54) is 23.3 Å². The maximum atomic E-state index is 13.4. The number of fused-ring (bicyclic) bond motifs is 1. The van der Waals surface area contributed by atoms with Gasteiger partial charge in [0.2, 0.25) is 0 Å². The number of halogens is 2. The van der Waals surface area contributed by atoms with Crippen LogP contribution in [0.1, 0.15) is 21.5 Å². The molecule has 0 aliphatic heterocycles. The third-order valence-electron chi connectivity index (χ3n) is 3.64. The number of rotatable bonds is 2. The van der Waals surface area contributed by atoms with E-state index >= 15 is 0 Å². The second-order valence-electron chi connectivity index (χ2n) is 4.84. The number of Topliss-reactive ketones (excluding diaryl/α,β-unsaturated/α-hetero) is 1. The molecule has 96 valence electrons. The van der Waals surface area contributed by atoms with Crippen LogP contribution in [0.3, 0.4) is 0 Å². The first kappa shape index (κ1) is 12.4. The Balaban J connectivity index is 1.89. The second kappa shape index (κ2) is 4.78. The summed E-state index contributed by atoms with van der Waals surface area (Å²) >= 11 is 5.88. The molecule has 0 saturated heterocycles. The van der Waals surface area contributed by atoms with E-state index in [1.54, 1.807) is 6.07 Å². The Hall–Kier alpha value is -1.67. The third-order valence-corrected chi connectivity index (χ3v) is 4.02. The molecule has 19 heavy (non-hydrogen) atoms. The van der Waals surface area contributed by atoms with Gasteiger partial charge in [-0.2, -0.15) is 0 Å². The van der Waals surface area contributed by atoms with Crippen molar-refractivity contribution in [3.8, 4) is 0 Å². The number of hydrogen-bond donors (Lipinski definition) is 0. The number of ketones is 1. The first-order valence-electron chi connectivity index (χ1n) is 6.22. The lowest BCUT2D eigenvalue weighted by molar-refractivity contribution is 0.0924. The van der Waals surface area contributed by atoms with Crippen LogP contribution in [0.15, 0.2) is 42.5 Å². The molecular weight excluding hydrogens is 263 g/mol. The summed E-state index contributed by atoms with van der Waals surface area (Å²) in [5, 5.41) is -0.0662. The van der Waals surface area contributed by atoms with E-state index in [1.807, 2.05) is 24.3 Å². The van der Waals surface area contributed by atoms with Gasteiger partial charge in [-0.3, -0.25) is 4.79 Å². The zero-order valence-electron chi connectivity index (χ0n) is 10.2. The Labute approximate surface area is 116 Å². The van der Waals surface area contributed by atoms with Gasteiger partial charge in [0.15, 0.2) is 5.78 Å². The fraction of sp³-hybridized carbons (Fsp3) is 0.188. The Morgan fingerprint density at radius 3 is 2.32 bits per heavy atom. The van der Waals surface area contributed by atoms with Crippen molar-refractivity contribution >= 4 is 17.4 Å². The van der Waals surface area contributed by atoms with E-state index in [0.717, 1.165) is 0 Å². The minimum atomic E-state index is -0.539. The van der Waals surface area contributed by atoms with Crippen LogP contribution in [-0.4, -0.2) is 5.78 Å². The lowest BCUT2D eigenvalue weighted by Crippen LogP contribution is -2.15. The van der Waals surface area contributed by atoms with E-state index in [2.05, 4.69) is 0 Å². The Kier molecular flexibility index (Phi) is 3.11. The van der Waals surface area contributed by atoms with Crippen molar-refractivity contribution in [1.29, 1.82) is 0 Å². The van der Waals surface area contributed by atoms with Gasteiger partial charge < -0.3 is 0 Å². The van der Waals surface area contributed by atoms with E-state index in [0.29, 0.717) is 18.4 Å². The molecule has 0 spiro atoms. The molecule has 0 radical (unpaired) electrons. The van der Waals surface area contributed by atoms with Crippen molar-refractivity contribution in [2.24, 2.45) is 5.92 Å². The predicted molar refractivity (Wildman–Crippen MR) is 73.1 cm³/mol. The zero-order valence-corrected chi connectivity index (χ0v) is 11.0. The van der Waals surface area contributed by atoms with Crippen LogP contribution in [0.5, 0.6) is 0 Å². The molecular formula is C16H12ClFO. The third kappa shape index (κ3) is 2.17. The molecule has 3 rings (SSSR count). The molecule has 1 aliphatic rings. The molecule has 1 aliphatic carbocycles. The maximum absolute atomic E-state index is 13.4. The van der Waals surface area contributed by atoms with Crippen LogP contribution < -0.4 is 0 Å². The summed E-state index contributed by atoms with van der Waals surface area (Å²) < 4.78 is 13.4. The first-order chi connectivity index (χ1) is 9.16. The number of benzene rings is 2. The highest BCUT2D eigenvalue weighted by molar-refractivity contribution is 6.34. The highest BCUT2D eigenvalue weighted by Gasteiger charge is 2.29. The smallest absolute Gasteiger partial charge is 0.168 e. The topological polar surface area (TPSA) is 17.1 Å². The van der Waals surface area contributed by atoms with Crippen molar-refractivity contribution in [1.82, 2.24) is 0 Å². The molecule has 2 aromatic carbocycles. The Morgan fingerprint density at radius 2 is 1.68 bits per heavy atom. The van der Waals surface area contributed by atoms with Crippen molar-refractivity contribution in [3.05, 3.63) is 70.0 Å². The van der Waals surface area contributed by atoms with Crippen LogP contribution in [0.25, 0.3) is 0 Å². The summed E-state index contributed by atoms with van der Waals surface area (Å²) in [5.41, 5.74) is 2.70. The summed E-state index contributed by atoms with van der Waals surface area (Å²) in [5.74, 6) is -0.736. The van der Waals surface area contributed by atoms with Crippen molar-refractivity contribution in [3.63, 3.8) is 0 Å². The van der Waals surface area contributed by atoms with Gasteiger partial charge in [-0.05, 0) is 36.1 Å². The van der Waals surface area contributed by atoms with E-state index in [9.17, 15) is 9.18 Å². The van der Waals surface area contributed by atoms with Crippen LogP contribution in [-0.2, 0) is 12.8 Å². The lowest BCUT2D eigenvalue weighted by atomic mass is 9.95. The molecule has 0 N–H and O–H groups in total. The molecule has 0 atom stereocenters. The predicted octanol–water partition coefficient (Wildman–Crippen LogP) is 4.08. The molecule has 2 aromatic rings. The second-order valence-corrected chi connectivity index (χ2v) is 5.22. The lowest BCUT2D eigenvalue weighted by Gasteiger charge is -2.09. The van der Waals surface area contributed by atoms with Crippen molar-refractivity contribution < 1.29 is 9.18 Å². The molecule has 0 unspecified atom stereocenters. The quantitative estimate of drug-likeness (QED) is 0.754. The van der Waals surface area contributed by atoms with Crippen LogP contribution >= 0.6 is 11.6 Å². The number of carbonyl (C=O) groups is 1. The largest absolute Gasteiger partial charge is 0.294 e. The van der Waals surface area contributed by atoms with Gasteiger partial charge in [0.25, 0.3) is 0 Å². The average molecular weight is 275 g/mol. The normalized spacial score (nSPS) is 14.4. The average Bonchev–Trinajstić information content (AvgIpc) is 2.85. The van der Waals surface area contributed by atoms with Gasteiger partial charge in [0, 0.05) is 11.5 Å². The van der Waals surface area contributed by atoms with E-state index in [-0.39, 0.29) is 16.7 Å². The van der Waals surface area contributed by atoms with Gasteiger partial charge >= 0.3 is 0 Å². The molecule has 3 heteroatoms. The van der Waals surface area contributed by atoms with E-state index < -0.39 is 5.82 Å². The zero-order chi connectivity index (χ0) is 13.4. The SMILES string of the molecule is O=C(c1cccc(F)c1Cl)C1Cc2ccccc2C1. The molecule has 1 nitrogen and oxygen atoms in total. The van der Waals surface area contributed by atoms with E-state index in [4.69, 9.17) is 11.6 Å². The summed E-state index contributed by atoms with van der Waals surface area (Å²) in [6.45, 7) is 0. The molecule has 0 aromatic heterocycles. The molecule has 0 amide bonds. The fourth-order valence-electron chi connectivity index (χ4n) is 2.66. The number of carbonyl (C=O) groups excluding carboxylic acids is 1. The molecule has 0 saturated carbocycles. The summed E-state index contributed by atoms with van der Waals surface area (Å²) in [7, 11) is 0. The highest BCUT2D eigenvalue weighted by Crippen LogP contribution is 2.31. The van der Waals surface area contributed by atoms with Crippen molar-refractivity contribution in [2.75, 3.05) is 0 Å². The van der Waals surface area contributed by atoms with Crippen LogP contribution in [0.2, 0.25) is 5.02 Å². The van der Waals surface area contributed by atoms with Gasteiger partial charge in [0.1, 0.15) is 5.82 Å². The molecule has 0 heterocycles. The summed E-state index contributed by atoms with van der Waals surface area (Å²) in [4.78, 5) is 12.4. The van der Waals surface area contributed by atoms with Gasteiger partial charge in [-0.15, -0.1) is 0 Å². The summed E-state index contributed by atoms with van der Waals surface area (Å²) in [6.07, 6.45) is 1.42. The first-order valence-corrected chi connectivity index (χ1v) is 6.59. The monoisotopic (exact) mass is 274 g/mol. The maximum Gasteiger partial charge on any atom is 0.168 e. The molecule has 0 fully saturated rings. The van der Waals surface area contributed by atoms with Crippen molar-refractivity contribution in [2.45, 2.75) is 12.8 Å². The van der Waals surface area contributed by atoms with Gasteiger partial charge in [0.05, 0.1) is 5.02 Å². The molecule has 0 bridgehead atoms. The highest BCUT2D eigenvalue weighted by atomic mass is 35.5. The fourth-order valence-corrected chi connectivity index (χ4v) is 2.88. The van der Waals surface area contributed by atoms with Crippen LogP contribution in [0.4, 0.5) is 4.39 Å². The van der Waals surface area contributed by atoms with Gasteiger partial charge in [-0.1, -0.05) is 41.9 Å². The Morgan fingerprint density at radius 1 is 1.05 bits per heavy atom. The Bertz CT molecular complexity index is 626. The number of hydrogen-bond acceptors (Lipinski definition) is 1. The van der Waals surface area contributed by atoms with Gasteiger partial charge in [-0.25, -0.2) is 4.39 Å². The standard InChI is InChI=1S/C16H12ClFO/c17-15-13(6-3-7-14(15)18)16(19)12-8-10-4-1-2-5-11(10)9-12/h1-7,12H,8-9H2. The minimum Gasteiger partial charge on any atom is -0.294 e.